The van der Waals surface area contributed by atoms with Crippen LogP contribution in [0.15, 0.2) is 77.5 Å². The first kappa shape index (κ1) is 25.2. The fourth-order valence-corrected chi connectivity index (χ4v) is 4.10. The fraction of sp³-hybridized carbons (Fsp3) is 0.0400. The summed E-state index contributed by atoms with van der Waals surface area (Å²) in [5, 5.41) is 5.76. The maximum Gasteiger partial charge on any atom is 0.337 e. The van der Waals surface area contributed by atoms with Gasteiger partial charge >= 0.3 is 5.97 Å². The number of hydrogen-bond acceptors (Lipinski definition) is 6. The van der Waals surface area contributed by atoms with Crippen LogP contribution in [0.1, 0.15) is 20.7 Å². The smallest absolute Gasteiger partial charge is 0.337 e. The molecule has 2 N–H and O–H groups in total. The molecule has 0 bridgehead atoms. The average molecular weight is 545 g/mol. The van der Waals surface area contributed by atoms with E-state index < -0.39 is 17.8 Å². The van der Waals surface area contributed by atoms with Gasteiger partial charge in [-0.3, -0.25) is 14.4 Å². The molecular weight excluding hydrogens is 529 g/mol. The van der Waals surface area contributed by atoms with Crippen molar-refractivity contribution in [3.63, 3.8) is 0 Å². The number of methoxy groups -OCH3 is 1. The minimum absolute atomic E-state index is 0.124. The summed E-state index contributed by atoms with van der Waals surface area (Å²) in [5.74, 6) is -2.27. The maximum absolute atomic E-state index is 12.9. The molecule has 0 aromatic heterocycles. The zero-order valence-corrected chi connectivity index (χ0v) is 20.7. The number of esters is 1. The molecule has 0 fully saturated rings. The van der Waals surface area contributed by atoms with Crippen molar-refractivity contribution in [3.8, 4) is 0 Å². The predicted octanol–water partition coefficient (Wildman–Crippen LogP) is 5.47. The Kier molecular flexibility index (Phi) is 7.30. The van der Waals surface area contributed by atoms with Gasteiger partial charge in [0.25, 0.3) is 17.7 Å². The van der Waals surface area contributed by atoms with E-state index in [0.29, 0.717) is 22.5 Å². The Hall–Kier alpha value is -3.85. The third kappa shape index (κ3) is 5.21. The molecule has 1 aliphatic heterocycles. The lowest BCUT2D eigenvalue weighted by Crippen LogP contribution is -2.32. The van der Waals surface area contributed by atoms with Crippen LogP contribution in [0.5, 0.6) is 0 Å². The Morgan fingerprint density at radius 2 is 1.33 bits per heavy atom. The number of anilines is 3. The van der Waals surface area contributed by atoms with E-state index in [1.807, 2.05) is 0 Å². The SMILES string of the molecule is COC(=O)c1ccc(NC(=O)c2ccc(NC3=C(Cl)C(=O)N(c4cc(Cl)cc(Cl)c4)C3=O)cc2)cc1. The molecule has 1 heterocycles. The molecule has 1 aliphatic rings. The molecular formula is C25H16Cl3N3O5. The van der Waals surface area contributed by atoms with E-state index in [-0.39, 0.29) is 32.4 Å². The molecule has 3 aromatic rings. The van der Waals surface area contributed by atoms with Gasteiger partial charge in [0.15, 0.2) is 0 Å². The highest BCUT2D eigenvalue weighted by Crippen LogP contribution is 2.33. The molecule has 36 heavy (non-hydrogen) atoms. The summed E-state index contributed by atoms with van der Waals surface area (Å²) in [4.78, 5) is 50.5. The van der Waals surface area contributed by atoms with Crippen molar-refractivity contribution in [2.24, 2.45) is 0 Å². The number of carbonyl (C=O) groups excluding carboxylic acids is 4. The third-order valence-corrected chi connectivity index (χ3v) is 5.90. The molecule has 3 aromatic carbocycles. The van der Waals surface area contributed by atoms with Crippen molar-refractivity contribution in [1.29, 1.82) is 0 Å². The molecule has 8 nitrogen and oxygen atoms in total. The Balaban J connectivity index is 1.45. The number of benzene rings is 3. The molecule has 4 rings (SSSR count). The number of hydrogen-bond donors (Lipinski definition) is 2. The van der Waals surface area contributed by atoms with Crippen LogP contribution in [0.25, 0.3) is 0 Å². The number of carbonyl (C=O) groups is 4. The van der Waals surface area contributed by atoms with Crippen LogP contribution in [-0.4, -0.2) is 30.8 Å². The molecule has 182 valence electrons. The number of amides is 3. The van der Waals surface area contributed by atoms with Crippen molar-refractivity contribution in [3.05, 3.63) is 98.6 Å². The monoisotopic (exact) mass is 543 g/mol. The summed E-state index contributed by atoms with van der Waals surface area (Å²) in [7, 11) is 1.28. The molecule has 0 saturated heterocycles. The third-order valence-electron chi connectivity index (χ3n) is 5.11. The van der Waals surface area contributed by atoms with Gasteiger partial charge in [0, 0.05) is 27.0 Å². The van der Waals surface area contributed by atoms with Gasteiger partial charge < -0.3 is 15.4 Å². The van der Waals surface area contributed by atoms with Gasteiger partial charge in [0.1, 0.15) is 10.7 Å². The number of rotatable bonds is 6. The van der Waals surface area contributed by atoms with Crippen molar-refractivity contribution < 1.29 is 23.9 Å². The number of halogens is 3. The predicted molar refractivity (Wildman–Crippen MR) is 138 cm³/mol. The standard InChI is InChI=1S/C25H16Cl3N3O5/c1-36-25(35)14-4-8-18(9-5-14)30-22(32)13-2-6-17(7-3-13)29-21-20(28)23(33)31(24(21)34)19-11-15(26)10-16(27)12-19/h2-12,29H,1H3,(H,30,32). The van der Waals surface area contributed by atoms with E-state index in [2.05, 4.69) is 15.4 Å². The lowest BCUT2D eigenvalue weighted by molar-refractivity contribution is -0.120. The molecule has 0 radical (unpaired) electrons. The summed E-state index contributed by atoms with van der Waals surface area (Å²) in [6.07, 6.45) is 0. The second-order valence-corrected chi connectivity index (χ2v) is 8.74. The van der Waals surface area contributed by atoms with Gasteiger partial charge in [-0.15, -0.1) is 0 Å². The first-order valence-electron chi connectivity index (χ1n) is 10.3. The number of ether oxygens (including phenoxy) is 1. The average Bonchev–Trinajstić information content (AvgIpc) is 3.06. The molecule has 0 saturated carbocycles. The van der Waals surface area contributed by atoms with Crippen LogP contribution in [0, 0.1) is 0 Å². The van der Waals surface area contributed by atoms with Gasteiger partial charge in [0.05, 0.1) is 18.4 Å². The Morgan fingerprint density at radius 3 is 1.92 bits per heavy atom. The van der Waals surface area contributed by atoms with Crippen molar-refractivity contribution in [2.45, 2.75) is 0 Å². The van der Waals surface area contributed by atoms with Gasteiger partial charge in [-0.2, -0.15) is 0 Å². The van der Waals surface area contributed by atoms with E-state index in [1.165, 1.54) is 49.6 Å². The van der Waals surface area contributed by atoms with E-state index in [4.69, 9.17) is 34.8 Å². The topological polar surface area (TPSA) is 105 Å². The van der Waals surface area contributed by atoms with E-state index in [1.54, 1.807) is 24.3 Å². The molecule has 0 spiro atoms. The summed E-state index contributed by atoms with van der Waals surface area (Å²) >= 11 is 18.1. The van der Waals surface area contributed by atoms with Crippen LogP contribution in [-0.2, 0) is 14.3 Å². The maximum atomic E-state index is 12.9. The minimum Gasteiger partial charge on any atom is -0.465 e. The van der Waals surface area contributed by atoms with E-state index >= 15 is 0 Å². The Labute approximate surface area is 220 Å². The quantitative estimate of drug-likeness (QED) is 0.315. The van der Waals surface area contributed by atoms with Crippen molar-refractivity contribution in [2.75, 3.05) is 22.6 Å². The number of nitrogens with zero attached hydrogens (tertiary/aromatic N) is 1. The van der Waals surface area contributed by atoms with Crippen LogP contribution in [0.2, 0.25) is 10.0 Å². The number of imide groups is 1. The fourth-order valence-electron chi connectivity index (χ4n) is 3.37. The summed E-state index contributed by atoms with van der Waals surface area (Å²) < 4.78 is 4.65. The van der Waals surface area contributed by atoms with Crippen molar-refractivity contribution in [1.82, 2.24) is 0 Å². The largest absolute Gasteiger partial charge is 0.465 e. The summed E-state index contributed by atoms with van der Waals surface area (Å²) in [6, 6.07) is 16.7. The first-order valence-corrected chi connectivity index (χ1v) is 11.4. The number of nitrogens with one attached hydrogen (secondary N) is 2. The lowest BCUT2D eigenvalue weighted by Gasteiger charge is -2.16. The highest BCUT2D eigenvalue weighted by atomic mass is 35.5. The van der Waals surface area contributed by atoms with Gasteiger partial charge in [-0.1, -0.05) is 34.8 Å². The van der Waals surface area contributed by atoms with Crippen LogP contribution >= 0.6 is 34.8 Å². The zero-order valence-electron chi connectivity index (χ0n) is 18.5. The summed E-state index contributed by atoms with van der Waals surface area (Å²) in [6.45, 7) is 0. The Morgan fingerprint density at radius 1 is 0.778 bits per heavy atom. The van der Waals surface area contributed by atoms with Crippen molar-refractivity contribution >= 4 is 75.6 Å². The van der Waals surface area contributed by atoms with Crippen LogP contribution < -0.4 is 15.5 Å². The van der Waals surface area contributed by atoms with Gasteiger partial charge in [-0.05, 0) is 66.7 Å². The van der Waals surface area contributed by atoms with Gasteiger partial charge in [0.2, 0.25) is 0 Å². The highest BCUT2D eigenvalue weighted by Gasteiger charge is 2.39. The Bertz CT molecular complexity index is 1400. The molecule has 3 amide bonds. The zero-order chi connectivity index (χ0) is 26.0. The lowest BCUT2D eigenvalue weighted by atomic mass is 10.1. The summed E-state index contributed by atoms with van der Waals surface area (Å²) in [5.41, 5.74) is 1.67. The van der Waals surface area contributed by atoms with Gasteiger partial charge in [-0.25, -0.2) is 9.69 Å². The molecule has 11 heteroatoms. The second kappa shape index (κ2) is 10.4. The first-order chi connectivity index (χ1) is 17.2. The van der Waals surface area contributed by atoms with Crippen LogP contribution in [0.4, 0.5) is 17.1 Å². The van der Waals surface area contributed by atoms with E-state index in [0.717, 1.165) is 4.90 Å². The molecule has 0 aliphatic carbocycles. The molecule has 0 unspecified atom stereocenters. The minimum atomic E-state index is -0.725. The van der Waals surface area contributed by atoms with E-state index in [9.17, 15) is 19.2 Å². The normalized spacial score (nSPS) is 13.2. The highest BCUT2D eigenvalue weighted by molar-refractivity contribution is 6.53. The molecule has 0 atom stereocenters. The van der Waals surface area contributed by atoms with Crippen LogP contribution in [0.3, 0.4) is 0 Å². The second-order valence-electron chi connectivity index (χ2n) is 7.49.